The molecule has 1 aromatic heterocycles. The van der Waals surface area contributed by atoms with Crippen molar-refractivity contribution in [1.29, 1.82) is 5.26 Å². The van der Waals surface area contributed by atoms with Gasteiger partial charge in [-0.1, -0.05) is 31.5 Å². The second-order valence-electron chi connectivity index (χ2n) is 5.97. The molecule has 6 heteroatoms. The molecule has 21 heavy (non-hydrogen) atoms. The smallest absolute Gasteiger partial charge is 0.235 e. The molecule has 2 heterocycles. The molecule has 1 saturated heterocycles. The fraction of sp³-hybridized carbons (Fsp3) is 0.600. The Balaban J connectivity index is 2.11. The first-order chi connectivity index (χ1) is 10.1. The van der Waals surface area contributed by atoms with Gasteiger partial charge in [0, 0.05) is 16.5 Å². The maximum absolute atomic E-state index is 12.6. The minimum Gasteiger partial charge on any atom is -0.319 e. The predicted octanol–water partition coefficient (Wildman–Crippen LogP) is 3.08. The summed E-state index contributed by atoms with van der Waals surface area (Å²) in [7, 11) is 0. The van der Waals surface area contributed by atoms with E-state index in [0.29, 0.717) is 4.99 Å². The number of aromatic nitrogens is 1. The molecule has 2 fully saturated rings. The largest absolute Gasteiger partial charge is 0.319 e. The second-order valence-corrected chi connectivity index (χ2v) is 7.30. The van der Waals surface area contributed by atoms with Gasteiger partial charge in [-0.2, -0.15) is 5.26 Å². The third kappa shape index (κ3) is 2.29. The van der Waals surface area contributed by atoms with E-state index in [-0.39, 0.29) is 23.2 Å². The van der Waals surface area contributed by atoms with Crippen molar-refractivity contribution < 1.29 is 4.79 Å². The number of nitrogens with one attached hydrogen (secondary N) is 1. The SMILES string of the molecule is Cc1csc(C2C(=O)NC(=S)C(C#N)C23CCCCC3)n1. The molecule has 1 aliphatic carbocycles. The summed E-state index contributed by atoms with van der Waals surface area (Å²) in [6.07, 6.45) is 5.02. The molecular weight excluding hydrogens is 302 g/mol. The van der Waals surface area contributed by atoms with E-state index in [2.05, 4.69) is 16.4 Å². The number of rotatable bonds is 1. The van der Waals surface area contributed by atoms with Crippen LogP contribution in [0.25, 0.3) is 0 Å². The number of carbonyl (C=O) groups is 1. The minimum atomic E-state index is -0.389. The van der Waals surface area contributed by atoms with Crippen LogP contribution in [0.3, 0.4) is 0 Å². The summed E-state index contributed by atoms with van der Waals surface area (Å²) in [5.41, 5.74) is 0.562. The van der Waals surface area contributed by atoms with E-state index in [4.69, 9.17) is 12.2 Å². The zero-order chi connectivity index (χ0) is 15.0. The third-order valence-electron chi connectivity index (χ3n) is 4.72. The lowest BCUT2D eigenvalue weighted by molar-refractivity contribution is -0.127. The van der Waals surface area contributed by atoms with Crippen LogP contribution in [0.5, 0.6) is 0 Å². The molecule has 1 aliphatic heterocycles. The number of thiazole rings is 1. The molecule has 1 aromatic rings. The van der Waals surface area contributed by atoms with E-state index in [1.54, 1.807) is 0 Å². The molecular formula is C15H17N3OS2. The number of amides is 1. The van der Waals surface area contributed by atoms with Crippen molar-refractivity contribution in [3.05, 3.63) is 16.1 Å². The highest BCUT2D eigenvalue weighted by Gasteiger charge is 2.55. The summed E-state index contributed by atoms with van der Waals surface area (Å²) in [5.74, 6) is -0.810. The van der Waals surface area contributed by atoms with Gasteiger partial charge in [0.05, 0.1) is 17.0 Å². The molecule has 1 saturated carbocycles. The molecule has 1 spiro atoms. The molecule has 4 nitrogen and oxygen atoms in total. The van der Waals surface area contributed by atoms with Gasteiger partial charge in [0.15, 0.2) is 0 Å². The molecule has 0 radical (unpaired) electrons. The third-order valence-corrected chi connectivity index (χ3v) is 6.08. The van der Waals surface area contributed by atoms with Crippen LogP contribution in [0.1, 0.15) is 48.7 Å². The Morgan fingerprint density at radius 3 is 2.76 bits per heavy atom. The average molecular weight is 319 g/mol. The topological polar surface area (TPSA) is 65.8 Å². The summed E-state index contributed by atoms with van der Waals surface area (Å²) in [5, 5.41) is 15.2. The van der Waals surface area contributed by atoms with Crippen LogP contribution < -0.4 is 5.32 Å². The summed E-state index contributed by atoms with van der Waals surface area (Å²) in [6.45, 7) is 1.93. The summed E-state index contributed by atoms with van der Waals surface area (Å²) in [6, 6.07) is 2.36. The molecule has 3 rings (SSSR count). The molecule has 0 aromatic carbocycles. The molecule has 2 unspecified atom stereocenters. The molecule has 1 N–H and O–H groups in total. The van der Waals surface area contributed by atoms with Gasteiger partial charge < -0.3 is 5.32 Å². The Bertz CT molecular complexity index is 625. The number of piperidine rings is 1. The van der Waals surface area contributed by atoms with Crippen molar-refractivity contribution in [2.75, 3.05) is 0 Å². The number of carbonyl (C=O) groups excluding carboxylic acids is 1. The Morgan fingerprint density at radius 2 is 2.19 bits per heavy atom. The maximum atomic E-state index is 12.6. The van der Waals surface area contributed by atoms with Crippen molar-refractivity contribution in [2.45, 2.75) is 44.9 Å². The van der Waals surface area contributed by atoms with Crippen molar-refractivity contribution in [1.82, 2.24) is 10.3 Å². The summed E-state index contributed by atoms with van der Waals surface area (Å²) in [4.78, 5) is 17.5. The molecule has 110 valence electrons. The van der Waals surface area contributed by atoms with Gasteiger partial charge in [-0.25, -0.2) is 4.98 Å². The lowest BCUT2D eigenvalue weighted by atomic mass is 9.57. The predicted molar refractivity (Wildman–Crippen MR) is 85.0 cm³/mol. The van der Waals surface area contributed by atoms with Crippen molar-refractivity contribution in [3.8, 4) is 6.07 Å². The molecule has 0 bridgehead atoms. The monoisotopic (exact) mass is 319 g/mol. The highest BCUT2D eigenvalue weighted by atomic mass is 32.1. The average Bonchev–Trinajstić information content (AvgIpc) is 2.86. The Morgan fingerprint density at radius 1 is 1.48 bits per heavy atom. The van der Waals surface area contributed by atoms with E-state index in [0.717, 1.165) is 42.8 Å². The fourth-order valence-electron chi connectivity index (χ4n) is 3.79. The minimum absolute atomic E-state index is 0.0808. The highest BCUT2D eigenvalue weighted by Crippen LogP contribution is 2.54. The molecule has 2 aliphatic rings. The van der Waals surface area contributed by atoms with Gasteiger partial charge in [0.1, 0.15) is 10.9 Å². The van der Waals surface area contributed by atoms with E-state index in [1.165, 1.54) is 11.3 Å². The first kappa shape index (κ1) is 14.6. The lowest BCUT2D eigenvalue weighted by Gasteiger charge is -2.48. The zero-order valence-corrected chi connectivity index (χ0v) is 13.5. The number of nitrogens with zero attached hydrogens (tertiary/aromatic N) is 2. The van der Waals surface area contributed by atoms with Gasteiger partial charge in [-0.05, 0) is 19.8 Å². The molecule has 1 amide bonds. The highest BCUT2D eigenvalue weighted by molar-refractivity contribution is 7.80. The number of thiocarbonyl (C=S) groups is 1. The number of hydrogen-bond donors (Lipinski definition) is 1. The first-order valence-corrected chi connectivity index (χ1v) is 8.53. The Kier molecular flexibility index (Phi) is 3.80. The number of aryl methyl sites for hydroxylation is 1. The standard InChI is InChI=1S/C15H17N3OS2/c1-9-8-21-14(17-9)11-12(19)18-13(20)10(7-16)15(11)5-3-2-4-6-15/h8,10-11H,2-6H2,1H3,(H,18,19,20). The van der Waals surface area contributed by atoms with Crippen LogP contribution in [0.4, 0.5) is 0 Å². The van der Waals surface area contributed by atoms with Crippen molar-refractivity contribution in [3.63, 3.8) is 0 Å². The quantitative estimate of drug-likeness (QED) is 0.808. The van der Waals surface area contributed by atoms with Crippen molar-refractivity contribution in [2.24, 2.45) is 11.3 Å². The van der Waals surface area contributed by atoms with Crippen LogP contribution in [-0.4, -0.2) is 15.9 Å². The Hall–Kier alpha value is -1.32. The van der Waals surface area contributed by atoms with Gasteiger partial charge in [0.2, 0.25) is 5.91 Å². The summed E-state index contributed by atoms with van der Waals surface area (Å²) >= 11 is 6.81. The van der Waals surface area contributed by atoms with E-state index >= 15 is 0 Å². The van der Waals surface area contributed by atoms with Gasteiger partial charge in [-0.3, -0.25) is 4.79 Å². The van der Waals surface area contributed by atoms with E-state index in [9.17, 15) is 10.1 Å². The second kappa shape index (κ2) is 5.47. The van der Waals surface area contributed by atoms with E-state index < -0.39 is 0 Å². The van der Waals surface area contributed by atoms with Crippen LogP contribution in [0.2, 0.25) is 0 Å². The summed E-state index contributed by atoms with van der Waals surface area (Å²) < 4.78 is 0. The van der Waals surface area contributed by atoms with Crippen LogP contribution in [0, 0.1) is 29.6 Å². The van der Waals surface area contributed by atoms with Crippen LogP contribution in [-0.2, 0) is 4.79 Å². The van der Waals surface area contributed by atoms with E-state index in [1.807, 2.05) is 12.3 Å². The number of hydrogen-bond acceptors (Lipinski definition) is 5. The maximum Gasteiger partial charge on any atom is 0.235 e. The normalized spacial score (nSPS) is 28.2. The molecule has 2 atom stereocenters. The van der Waals surface area contributed by atoms with Gasteiger partial charge in [-0.15, -0.1) is 11.3 Å². The number of nitriles is 1. The Labute approximate surface area is 133 Å². The van der Waals surface area contributed by atoms with Crippen molar-refractivity contribution >= 4 is 34.5 Å². The lowest BCUT2D eigenvalue weighted by Crippen LogP contribution is -2.56. The zero-order valence-electron chi connectivity index (χ0n) is 11.9. The van der Waals surface area contributed by atoms with Gasteiger partial charge in [0.25, 0.3) is 0 Å². The van der Waals surface area contributed by atoms with Gasteiger partial charge >= 0.3 is 0 Å². The van der Waals surface area contributed by atoms with Crippen LogP contribution in [0.15, 0.2) is 5.38 Å². The van der Waals surface area contributed by atoms with Crippen LogP contribution >= 0.6 is 23.6 Å². The fourth-order valence-corrected chi connectivity index (χ4v) is 5.20. The first-order valence-electron chi connectivity index (χ1n) is 7.25.